The van der Waals surface area contributed by atoms with Gasteiger partial charge in [0.25, 0.3) is 0 Å². The molecule has 2 aliphatic rings. The van der Waals surface area contributed by atoms with Crippen LogP contribution in [0.25, 0.3) is 0 Å². The number of hydrogen-bond donors (Lipinski definition) is 2. The third kappa shape index (κ3) is 10.8. The highest BCUT2D eigenvalue weighted by Gasteiger charge is 2.29. The van der Waals surface area contributed by atoms with Crippen LogP contribution < -0.4 is 5.73 Å². The summed E-state index contributed by atoms with van der Waals surface area (Å²) in [7, 11) is 0. The van der Waals surface area contributed by atoms with Gasteiger partial charge in [0.2, 0.25) is 5.91 Å². The van der Waals surface area contributed by atoms with Gasteiger partial charge in [0.15, 0.2) is 0 Å². The maximum atomic E-state index is 13.0. The predicted molar refractivity (Wildman–Crippen MR) is 151 cm³/mol. The highest BCUT2D eigenvalue weighted by molar-refractivity contribution is 5.84. The van der Waals surface area contributed by atoms with Crippen LogP contribution in [-0.4, -0.2) is 43.6 Å². The lowest BCUT2D eigenvalue weighted by Crippen LogP contribution is -2.32. The molecule has 1 fully saturated rings. The molecule has 0 aromatic carbocycles. The molecular formula is C30H43N3O4. The van der Waals surface area contributed by atoms with Crippen LogP contribution in [0.15, 0.2) is 70.5 Å². The third-order valence-corrected chi connectivity index (χ3v) is 5.70. The molecule has 0 atom stereocenters. The number of ether oxygens (including phenoxy) is 2. The Hall–Kier alpha value is -3.79. The fourth-order valence-electron chi connectivity index (χ4n) is 3.52. The molecule has 1 saturated heterocycles. The number of nitrogens with two attached hydrogens (primary N) is 1. The van der Waals surface area contributed by atoms with Crippen LogP contribution in [-0.2, 0) is 19.1 Å². The quantitative estimate of drug-likeness (QED) is 0.103. The number of carbonyl (C=O) groups excluding carboxylic acids is 2. The number of nitrogens with one attached hydrogen (secondary N) is 1. The van der Waals surface area contributed by atoms with Crippen molar-refractivity contribution in [3.63, 3.8) is 0 Å². The standard InChI is InChI=1S/C25H33N3O3.C4H8.CH2O/c1-5-9-23(19(4)18(2)3)30-14-7-12-24(29)28-13-8-15-31-25-21(20(16-26)17-27)10-6-11-22(25)28;1-3-4-2;1-2/h1,9,11,16-17,26H,6-8,10,12-15,27H2,2-4H3;3H,1,4H2,2H3;1H2/b20-17+,23-9+,26-16?;;. The minimum Gasteiger partial charge on any atom is -0.493 e. The Bertz CT molecular complexity index is 973. The van der Waals surface area contributed by atoms with Crippen molar-refractivity contribution in [1.29, 1.82) is 5.41 Å². The second-order valence-electron chi connectivity index (χ2n) is 8.40. The molecule has 202 valence electrons. The van der Waals surface area contributed by atoms with Gasteiger partial charge >= 0.3 is 0 Å². The Labute approximate surface area is 223 Å². The molecule has 0 unspecified atom stereocenters. The number of allylic oxidation sites excluding steroid dienone is 7. The van der Waals surface area contributed by atoms with Crippen LogP contribution in [0.5, 0.6) is 0 Å². The number of fused-ring (bicyclic) bond motifs is 1. The summed E-state index contributed by atoms with van der Waals surface area (Å²) in [5.74, 6) is 3.90. The van der Waals surface area contributed by atoms with Gasteiger partial charge in [-0.15, -0.1) is 13.0 Å². The first kappa shape index (κ1) is 33.2. The van der Waals surface area contributed by atoms with Crippen LogP contribution in [0.2, 0.25) is 0 Å². The molecule has 0 aromatic rings. The number of rotatable bonds is 9. The van der Waals surface area contributed by atoms with Crippen molar-refractivity contribution in [2.75, 3.05) is 19.8 Å². The minimum absolute atomic E-state index is 0.0358. The fraction of sp³-hybridized carbons (Fsp3) is 0.433. The van der Waals surface area contributed by atoms with Gasteiger partial charge in [0, 0.05) is 42.6 Å². The summed E-state index contributed by atoms with van der Waals surface area (Å²) < 4.78 is 11.8. The zero-order valence-corrected chi connectivity index (χ0v) is 22.9. The third-order valence-electron chi connectivity index (χ3n) is 5.70. The van der Waals surface area contributed by atoms with Gasteiger partial charge in [0.1, 0.15) is 18.3 Å². The number of terminal acetylenes is 1. The molecule has 0 radical (unpaired) electrons. The minimum atomic E-state index is 0.0358. The summed E-state index contributed by atoms with van der Waals surface area (Å²) in [6, 6.07) is 0. The smallest absolute Gasteiger partial charge is 0.227 e. The summed E-state index contributed by atoms with van der Waals surface area (Å²) in [4.78, 5) is 22.8. The molecule has 0 aromatic heterocycles. The van der Waals surface area contributed by atoms with Crippen molar-refractivity contribution in [3.05, 3.63) is 70.5 Å². The van der Waals surface area contributed by atoms with E-state index in [1.54, 1.807) is 11.0 Å². The zero-order chi connectivity index (χ0) is 28.2. The molecule has 0 spiro atoms. The van der Waals surface area contributed by atoms with Crippen molar-refractivity contribution < 1.29 is 19.1 Å². The molecule has 2 rings (SSSR count). The average Bonchev–Trinajstić information content (AvgIpc) is 3.15. The molecule has 37 heavy (non-hydrogen) atoms. The molecule has 0 saturated carbocycles. The number of amides is 1. The fourth-order valence-corrected chi connectivity index (χ4v) is 3.52. The second-order valence-corrected chi connectivity index (χ2v) is 8.40. The van der Waals surface area contributed by atoms with Crippen LogP contribution in [0.1, 0.15) is 66.2 Å². The summed E-state index contributed by atoms with van der Waals surface area (Å²) >= 11 is 0. The van der Waals surface area contributed by atoms with E-state index < -0.39 is 0 Å². The van der Waals surface area contributed by atoms with Crippen molar-refractivity contribution >= 4 is 18.9 Å². The molecule has 1 aliphatic heterocycles. The summed E-state index contributed by atoms with van der Waals surface area (Å²) in [5.41, 5.74) is 10.2. The van der Waals surface area contributed by atoms with E-state index in [4.69, 9.17) is 31.8 Å². The van der Waals surface area contributed by atoms with E-state index in [9.17, 15) is 4.79 Å². The van der Waals surface area contributed by atoms with Crippen LogP contribution >= 0.6 is 0 Å². The van der Waals surface area contributed by atoms with Crippen molar-refractivity contribution in [1.82, 2.24) is 4.90 Å². The molecule has 0 bridgehead atoms. The summed E-state index contributed by atoms with van der Waals surface area (Å²) in [6.45, 7) is 15.1. The Kier molecular flexibility index (Phi) is 17.4. The van der Waals surface area contributed by atoms with E-state index in [-0.39, 0.29) is 5.91 Å². The highest BCUT2D eigenvalue weighted by atomic mass is 16.5. The Morgan fingerprint density at radius 1 is 1.35 bits per heavy atom. The molecule has 7 heteroatoms. The van der Waals surface area contributed by atoms with Gasteiger partial charge in [-0.05, 0) is 58.4 Å². The van der Waals surface area contributed by atoms with Gasteiger partial charge in [-0.25, -0.2) is 0 Å². The Morgan fingerprint density at radius 2 is 2.03 bits per heavy atom. The van der Waals surface area contributed by atoms with Gasteiger partial charge in [-0.1, -0.05) is 30.6 Å². The van der Waals surface area contributed by atoms with E-state index in [1.807, 2.05) is 39.7 Å². The van der Waals surface area contributed by atoms with E-state index in [0.717, 1.165) is 48.1 Å². The Morgan fingerprint density at radius 3 is 2.57 bits per heavy atom. The SMILES string of the molecule is C#C/C=C(/OCCCC(=O)N1CCCOC2=C(/C(C=N)=C/N)CCC=C21)C(C)=C(C)C.C=CCC.C=O. The first-order chi connectivity index (χ1) is 17.9. The van der Waals surface area contributed by atoms with Gasteiger partial charge < -0.3 is 30.3 Å². The summed E-state index contributed by atoms with van der Waals surface area (Å²) in [5, 5.41) is 7.63. The van der Waals surface area contributed by atoms with E-state index >= 15 is 0 Å². The maximum Gasteiger partial charge on any atom is 0.227 e. The molecule has 1 heterocycles. The van der Waals surface area contributed by atoms with E-state index in [2.05, 4.69) is 19.4 Å². The zero-order valence-electron chi connectivity index (χ0n) is 22.9. The van der Waals surface area contributed by atoms with Gasteiger partial charge in [-0.3, -0.25) is 4.79 Å². The molecule has 7 nitrogen and oxygen atoms in total. The second kappa shape index (κ2) is 19.4. The van der Waals surface area contributed by atoms with Crippen LogP contribution in [0, 0.1) is 17.8 Å². The summed E-state index contributed by atoms with van der Waals surface area (Å²) in [6.07, 6.45) is 17.9. The first-order valence-corrected chi connectivity index (χ1v) is 12.5. The van der Waals surface area contributed by atoms with Crippen molar-refractivity contribution in [2.24, 2.45) is 5.73 Å². The molecular weight excluding hydrogens is 466 g/mol. The maximum absolute atomic E-state index is 13.0. The topological polar surface area (TPSA) is 106 Å². The first-order valence-electron chi connectivity index (χ1n) is 12.5. The lowest BCUT2D eigenvalue weighted by Gasteiger charge is -2.28. The van der Waals surface area contributed by atoms with Gasteiger partial charge in [-0.2, -0.15) is 0 Å². The van der Waals surface area contributed by atoms with E-state index in [0.29, 0.717) is 49.7 Å². The Balaban J connectivity index is 0.00000196. The van der Waals surface area contributed by atoms with Crippen LogP contribution in [0.4, 0.5) is 0 Å². The number of carbonyl (C=O) groups is 2. The predicted octanol–water partition coefficient (Wildman–Crippen LogP) is 5.73. The average molecular weight is 510 g/mol. The number of nitrogens with zero attached hydrogens (tertiary/aromatic N) is 1. The van der Waals surface area contributed by atoms with E-state index in [1.165, 1.54) is 12.4 Å². The highest BCUT2D eigenvalue weighted by Crippen LogP contribution is 2.34. The monoisotopic (exact) mass is 509 g/mol. The lowest BCUT2D eigenvalue weighted by atomic mass is 9.94. The largest absolute Gasteiger partial charge is 0.493 e. The molecule has 3 N–H and O–H groups in total. The number of hydrogen-bond acceptors (Lipinski definition) is 6. The lowest BCUT2D eigenvalue weighted by molar-refractivity contribution is -0.129. The van der Waals surface area contributed by atoms with Gasteiger partial charge in [0.05, 0.1) is 18.9 Å². The van der Waals surface area contributed by atoms with Crippen molar-refractivity contribution in [3.8, 4) is 12.3 Å². The molecule has 1 amide bonds. The van der Waals surface area contributed by atoms with Crippen LogP contribution in [0.3, 0.4) is 0 Å². The van der Waals surface area contributed by atoms with Crippen molar-refractivity contribution in [2.45, 2.75) is 66.2 Å². The molecule has 1 aliphatic carbocycles. The normalized spacial score (nSPS) is 15.0.